The normalized spacial score (nSPS) is 17.2. The quantitative estimate of drug-likeness (QED) is 0.850. The highest BCUT2D eigenvalue weighted by molar-refractivity contribution is 5.30. The zero-order valence-electron chi connectivity index (χ0n) is 12.0. The van der Waals surface area contributed by atoms with Crippen molar-refractivity contribution >= 4 is 5.95 Å². The fourth-order valence-corrected chi connectivity index (χ4v) is 2.44. The SMILES string of the molecule is CC(C)Cc1cnc(N2CCN(CCN)CC2)nc1. The van der Waals surface area contributed by atoms with Crippen molar-refractivity contribution in [3.05, 3.63) is 18.0 Å². The molecule has 0 aromatic carbocycles. The average Bonchev–Trinajstić information content (AvgIpc) is 2.40. The average molecular weight is 263 g/mol. The molecule has 2 rings (SSSR count). The first-order chi connectivity index (χ1) is 9.19. The maximum absolute atomic E-state index is 5.58. The van der Waals surface area contributed by atoms with E-state index in [1.165, 1.54) is 5.56 Å². The van der Waals surface area contributed by atoms with E-state index in [0.717, 1.165) is 51.6 Å². The Morgan fingerprint density at radius 2 is 1.79 bits per heavy atom. The monoisotopic (exact) mass is 263 g/mol. The summed E-state index contributed by atoms with van der Waals surface area (Å²) in [4.78, 5) is 13.6. The van der Waals surface area contributed by atoms with E-state index in [2.05, 4.69) is 33.6 Å². The minimum absolute atomic E-state index is 0.647. The molecule has 0 spiro atoms. The van der Waals surface area contributed by atoms with Gasteiger partial charge in [0, 0.05) is 51.7 Å². The fraction of sp³-hybridized carbons (Fsp3) is 0.714. The van der Waals surface area contributed by atoms with Crippen LogP contribution in [0.2, 0.25) is 0 Å². The van der Waals surface area contributed by atoms with E-state index in [-0.39, 0.29) is 0 Å². The van der Waals surface area contributed by atoms with Gasteiger partial charge in [-0.15, -0.1) is 0 Å². The highest BCUT2D eigenvalue weighted by atomic mass is 15.3. The third-order valence-corrected chi connectivity index (χ3v) is 3.44. The summed E-state index contributed by atoms with van der Waals surface area (Å²) in [5, 5.41) is 0. The van der Waals surface area contributed by atoms with Gasteiger partial charge in [0.05, 0.1) is 0 Å². The van der Waals surface area contributed by atoms with Crippen molar-refractivity contribution in [3.8, 4) is 0 Å². The molecule has 2 N–H and O–H groups in total. The van der Waals surface area contributed by atoms with Gasteiger partial charge in [0.25, 0.3) is 0 Å². The van der Waals surface area contributed by atoms with Crippen molar-refractivity contribution in [2.45, 2.75) is 20.3 Å². The number of hydrogen-bond acceptors (Lipinski definition) is 5. The molecule has 0 saturated carbocycles. The van der Waals surface area contributed by atoms with Crippen LogP contribution in [0.5, 0.6) is 0 Å². The van der Waals surface area contributed by atoms with E-state index < -0.39 is 0 Å². The Labute approximate surface area is 115 Å². The lowest BCUT2D eigenvalue weighted by Crippen LogP contribution is -2.48. The lowest BCUT2D eigenvalue weighted by atomic mass is 10.1. The first-order valence-corrected chi connectivity index (χ1v) is 7.17. The standard InChI is InChI=1S/C14H25N5/c1-12(2)9-13-10-16-14(17-11-13)19-7-5-18(4-3-15)6-8-19/h10-12H,3-9,15H2,1-2H3. The van der Waals surface area contributed by atoms with Crippen LogP contribution in [0.1, 0.15) is 19.4 Å². The molecular weight excluding hydrogens is 238 g/mol. The Kier molecular flexibility index (Phi) is 5.10. The second kappa shape index (κ2) is 6.82. The van der Waals surface area contributed by atoms with Gasteiger partial charge in [-0.2, -0.15) is 0 Å². The molecule has 1 saturated heterocycles. The summed E-state index contributed by atoms with van der Waals surface area (Å²) in [5.74, 6) is 1.51. The molecular formula is C14H25N5. The minimum Gasteiger partial charge on any atom is -0.338 e. The summed E-state index contributed by atoms with van der Waals surface area (Å²) in [7, 11) is 0. The van der Waals surface area contributed by atoms with Crippen LogP contribution in [0.15, 0.2) is 12.4 Å². The van der Waals surface area contributed by atoms with Crippen LogP contribution >= 0.6 is 0 Å². The van der Waals surface area contributed by atoms with Crippen LogP contribution in [0.25, 0.3) is 0 Å². The summed E-state index contributed by atoms with van der Waals surface area (Å²) >= 11 is 0. The van der Waals surface area contributed by atoms with Gasteiger partial charge in [-0.1, -0.05) is 13.8 Å². The van der Waals surface area contributed by atoms with Gasteiger partial charge in [0.2, 0.25) is 5.95 Å². The molecule has 1 aromatic rings. The smallest absolute Gasteiger partial charge is 0.225 e. The van der Waals surface area contributed by atoms with E-state index in [9.17, 15) is 0 Å². The van der Waals surface area contributed by atoms with Crippen LogP contribution in [0.3, 0.4) is 0 Å². The molecule has 0 unspecified atom stereocenters. The van der Waals surface area contributed by atoms with Crippen LogP contribution in [0.4, 0.5) is 5.95 Å². The first kappa shape index (κ1) is 14.2. The Balaban J connectivity index is 1.89. The Bertz CT molecular complexity index is 368. The highest BCUT2D eigenvalue weighted by Crippen LogP contribution is 2.12. The highest BCUT2D eigenvalue weighted by Gasteiger charge is 2.18. The van der Waals surface area contributed by atoms with Crippen LogP contribution in [-0.4, -0.2) is 54.1 Å². The molecule has 1 aliphatic rings. The summed E-state index contributed by atoms with van der Waals surface area (Å²) in [6, 6.07) is 0. The number of hydrogen-bond donors (Lipinski definition) is 1. The molecule has 1 aliphatic heterocycles. The number of piperazine rings is 1. The molecule has 2 heterocycles. The van der Waals surface area contributed by atoms with Gasteiger partial charge >= 0.3 is 0 Å². The molecule has 5 nitrogen and oxygen atoms in total. The first-order valence-electron chi connectivity index (χ1n) is 7.17. The number of nitrogens with zero attached hydrogens (tertiary/aromatic N) is 4. The molecule has 0 atom stereocenters. The summed E-state index contributed by atoms with van der Waals surface area (Å²) in [5.41, 5.74) is 6.80. The van der Waals surface area contributed by atoms with Gasteiger partial charge in [-0.05, 0) is 17.9 Å². The van der Waals surface area contributed by atoms with Crippen molar-refractivity contribution in [2.24, 2.45) is 11.7 Å². The molecule has 0 aliphatic carbocycles. The van der Waals surface area contributed by atoms with Crippen molar-refractivity contribution in [1.82, 2.24) is 14.9 Å². The van der Waals surface area contributed by atoms with Crippen molar-refractivity contribution in [2.75, 3.05) is 44.2 Å². The molecule has 1 aromatic heterocycles. The zero-order valence-corrected chi connectivity index (χ0v) is 12.0. The summed E-state index contributed by atoms with van der Waals surface area (Å²) < 4.78 is 0. The van der Waals surface area contributed by atoms with Crippen molar-refractivity contribution < 1.29 is 0 Å². The molecule has 19 heavy (non-hydrogen) atoms. The van der Waals surface area contributed by atoms with E-state index in [1.807, 2.05) is 12.4 Å². The van der Waals surface area contributed by atoms with Crippen molar-refractivity contribution in [3.63, 3.8) is 0 Å². The number of anilines is 1. The maximum Gasteiger partial charge on any atom is 0.225 e. The summed E-state index contributed by atoms with van der Waals surface area (Å²) in [6.07, 6.45) is 4.98. The minimum atomic E-state index is 0.647. The third-order valence-electron chi connectivity index (χ3n) is 3.44. The van der Waals surface area contributed by atoms with Gasteiger partial charge < -0.3 is 10.6 Å². The number of aromatic nitrogens is 2. The van der Waals surface area contributed by atoms with E-state index in [1.54, 1.807) is 0 Å². The number of nitrogens with two attached hydrogens (primary N) is 1. The molecule has 0 bridgehead atoms. The second-order valence-electron chi connectivity index (χ2n) is 5.61. The van der Waals surface area contributed by atoms with Gasteiger partial charge in [0.15, 0.2) is 0 Å². The van der Waals surface area contributed by atoms with E-state index in [0.29, 0.717) is 5.92 Å². The van der Waals surface area contributed by atoms with Gasteiger partial charge in [-0.25, -0.2) is 9.97 Å². The maximum atomic E-state index is 5.58. The van der Waals surface area contributed by atoms with Gasteiger partial charge in [0.1, 0.15) is 0 Å². The predicted octanol–water partition coefficient (Wildman–Crippen LogP) is 0.756. The molecule has 0 radical (unpaired) electrons. The lowest BCUT2D eigenvalue weighted by Gasteiger charge is -2.34. The predicted molar refractivity (Wildman–Crippen MR) is 78.3 cm³/mol. The van der Waals surface area contributed by atoms with Crippen LogP contribution in [0, 0.1) is 5.92 Å². The molecule has 1 fully saturated rings. The Morgan fingerprint density at radius 3 is 2.32 bits per heavy atom. The van der Waals surface area contributed by atoms with Crippen molar-refractivity contribution in [1.29, 1.82) is 0 Å². The zero-order chi connectivity index (χ0) is 13.7. The van der Waals surface area contributed by atoms with Crippen LogP contribution < -0.4 is 10.6 Å². The Morgan fingerprint density at radius 1 is 1.16 bits per heavy atom. The van der Waals surface area contributed by atoms with Crippen LogP contribution in [-0.2, 0) is 6.42 Å². The third kappa shape index (κ3) is 4.14. The molecule has 5 heteroatoms. The molecule has 106 valence electrons. The largest absolute Gasteiger partial charge is 0.338 e. The van der Waals surface area contributed by atoms with E-state index in [4.69, 9.17) is 5.73 Å². The fourth-order valence-electron chi connectivity index (χ4n) is 2.44. The molecule has 0 amide bonds. The lowest BCUT2D eigenvalue weighted by molar-refractivity contribution is 0.263. The second-order valence-corrected chi connectivity index (χ2v) is 5.61. The summed E-state index contributed by atoms with van der Waals surface area (Å²) in [6.45, 7) is 10.2. The Hall–Kier alpha value is -1.20. The van der Waals surface area contributed by atoms with Gasteiger partial charge in [-0.3, -0.25) is 4.90 Å². The number of rotatable bonds is 5. The van der Waals surface area contributed by atoms with E-state index >= 15 is 0 Å². The topological polar surface area (TPSA) is 58.3 Å².